The lowest BCUT2D eigenvalue weighted by molar-refractivity contribution is -0.288. The van der Waals surface area contributed by atoms with Crippen molar-refractivity contribution in [3.8, 4) is 11.3 Å². The molecule has 32 heavy (non-hydrogen) atoms. The molecule has 3 aromatic rings. The molecular formula is C22H16ClF3N2O4. The highest BCUT2D eigenvalue weighted by Crippen LogP contribution is 2.44. The van der Waals surface area contributed by atoms with E-state index in [4.69, 9.17) is 16.0 Å². The summed E-state index contributed by atoms with van der Waals surface area (Å²) in [7, 11) is 0. The Morgan fingerprint density at radius 3 is 2.44 bits per heavy atom. The number of hydrogen-bond acceptors (Lipinski definition) is 4. The molecular weight excluding hydrogens is 449 g/mol. The van der Waals surface area contributed by atoms with Gasteiger partial charge in [-0.1, -0.05) is 54.1 Å². The van der Waals surface area contributed by atoms with Crippen molar-refractivity contribution in [3.05, 3.63) is 83.1 Å². The number of aliphatic hydroxyl groups is 1. The van der Waals surface area contributed by atoms with Gasteiger partial charge in [-0.2, -0.15) is 13.2 Å². The lowest BCUT2D eigenvalue weighted by Gasteiger charge is -2.44. The predicted octanol–water partition coefficient (Wildman–Crippen LogP) is 4.70. The monoisotopic (exact) mass is 464 g/mol. The number of furan rings is 1. The summed E-state index contributed by atoms with van der Waals surface area (Å²) in [5.41, 5.74) is -3.35. The SMILES string of the molecule is O=C1NC(c2ccc(-c3cccc(Cl)c3)o2)C(C(=O)c2ccccc2)C(O)(C(F)(F)F)N1. The lowest BCUT2D eigenvalue weighted by atomic mass is 9.79. The van der Waals surface area contributed by atoms with Crippen LogP contribution in [0.25, 0.3) is 11.3 Å². The molecule has 3 unspecified atom stereocenters. The number of halogens is 4. The van der Waals surface area contributed by atoms with Crippen LogP contribution in [-0.2, 0) is 0 Å². The maximum Gasteiger partial charge on any atom is 0.437 e. The Morgan fingerprint density at radius 2 is 1.78 bits per heavy atom. The number of ketones is 1. The number of alkyl halides is 3. The predicted molar refractivity (Wildman–Crippen MR) is 109 cm³/mol. The van der Waals surface area contributed by atoms with Crippen LogP contribution in [0.4, 0.5) is 18.0 Å². The third-order valence-electron chi connectivity index (χ3n) is 5.19. The summed E-state index contributed by atoms with van der Waals surface area (Å²) >= 11 is 5.98. The first kappa shape index (κ1) is 21.9. The molecule has 3 N–H and O–H groups in total. The summed E-state index contributed by atoms with van der Waals surface area (Å²) in [4.78, 5) is 25.2. The van der Waals surface area contributed by atoms with Crippen LogP contribution in [0.3, 0.4) is 0 Å². The molecule has 1 fully saturated rings. The van der Waals surface area contributed by atoms with Crippen molar-refractivity contribution < 1.29 is 32.3 Å². The van der Waals surface area contributed by atoms with E-state index in [-0.39, 0.29) is 17.1 Å². The summed E-state index contributed by atoms with van der Waals surface area (Å²) in [5.74, 6) is -3.06. The molecule has 0 radical (unpaired) electrons. The topological polar surface area (TPSA) is 91.6 Å². The molecule has 0 bridgehead atoms. The largest absolute Gasteiger partial charge is 0.459 e. The van der Waals surface area contributed by atoms with Gasteiger partial charge < -0.3 is 20.2 Å². The number of carbonyl (C=O) groups excluding carboxylic acids is 2. The average Bonchev–Trinajstić information content (AvgIpc) is 3.23. The van der Waals surface area contributed by atoms with Crippen LogP contribution >= 0.6 is 11.6 Å². The molecule has 4 rings (SSSR count). The average molecular weight is 465 g/mol. The van der Waals surface area contributed by atoms with E-state index in [2.05, 4.69) is 5.32 Å². The molecule has 0 saturated carbocycles. The smallest absolute Gasteiger partial charge is 0.437 e. The third-order valence-corrected chi connectivity index (χ3v) is 5.42. The van der Waals surface area contributed by atoms with Crippen molar-refractivity contribution in [1.29, 1.82) is 0 Å². The lowest BCUT2D eigenvalue weighted by Crippen LogP contribution is -2.72. The Kier molecular flexibility index (Phi) is 5.47. The normalized spacial score (nSPS) is 23.3. The number of benzene rings is 2. The molecule has 1 aliphatic rings. The van der Waals surface area contributed by atoms with Gasteiger partial charge in [0, 0.05) is 16.1 Å². The van der Waals surface area contributed by atoms with Gasteiger partial charge in [0.1, 0.15) is 23.5 Å². The van der Waals surface area contributed by atoms with Crippen LogP contribution in [-0.4, -0.2) is 28.8 Å². The molecule has 2 amide bonds. The van der Waals surface area contributed by atoms with Gasteiger partial charge in [0.05, 0.1) is 0 Å². The van der Waals surface area contributed by atoms with Crippen LogP contribution in [0.5, 0.6) is 0 Å². The van der Waals surface area contributed by atoms with Crippen molar-refractivity contribution in [3.63, 3.8) is 0 Å². The van der Waals surface area contributed by atoms with E-state index in [0.717, 1.165) is 0 Å². The fraction of sp³-hybridized carbons (Fsp3) is 0.182. The molecule has 166 valence electrons. The molecule has 2 aromatic carbocycles. The first-order valence-electron chi connectivity index (χ1n) is 9.43. The summed E-state index contributed by atoms with van der Waals surface area (Å²) in [6.45, 7) is 0. The van der Waals surface area contributed by atoms with Crippen LogP contribution in [0.2, 0.25) is 5.02 Å². The Balaban J connectivity index is 1.81. The minimum absolute atomic E-state index is 0.0651. The molecule has 6 nitrogen and oxygen atoms in total. The number of Topliss-reactive ketones (excluding diaryl/α,β-unsaturated/α-hetero) is 1. The highest BCUT2D eigenvalue weighted by molar-refractivity contribution is 6.30. The van der Waals surface area contributed by atoms with Crippen molar-refractivity contribution in [2.45, 2.75) is 17.9 Å². The minimum atomic E-state index is -5.35. The van der Waals surface area contributed by atoms with E-state index in [1.54, 1.807) is 30.3 Å². The molecule has 0 aliphatic carbocycles. The number of rotatable bonds is 4. The van der Waals surface area contributed by atoms with Gasteiger partial charge in [0.25, 0.3) is 0 Å². The second kappa shape index (κ2) is 7.99. The molecule has 3 atom stereocenters. The molecule has 1 aromatic heterocycles. The van der Waals surface area contributed by atoms with Crippen LogP contribution < -0.4 is 10.6 Å². The number of hydrogen-bond donors (Lipinski definition) is 3. The summed E-state index contributed by atoms with van der Waals surface area (Å²) < 4.78 is 47.5. The van der Waals surface area contributed by atoms with Crippen LogP contribution in [0, 0.1) is 5.92 Å². The zero-order valence-electron chi connectivity index (χ0n) is 16.2. The van der Waals surface area contributed by atoms with E-state index in [1.807, 2.05) is 0 Å². The minimum Gasteiger partial charge on any atom is -0.459 e. The fourth-order valence-electron chi connectivity index (χ4n) is 3.68. The van der Waals surface area contributed by atoms with E-state index in [0.29, 0.717) is 10.6 Å². The molecule has 2 heterocycles. The maximum absolute atomic E-state index is 13.9. The number of amides is 2. The summed E-state index contributed by atoms with van der Waals surface area (Å²) in [6.07, 6.45) is -5.35. The Morgan fingerprint density at radius 1 is 1.06 bits per heavy atom. The number of nitrogens with one attached hydrogen (secondary N) is 2. The highest BCUT2D eigenvalue weighted by atomic mass is 35.5. The first-order chi connectivity index (χ1) is 15.1. The van der Waals surface area contributed by atoms with Gasteiger partial charge in [-0.15, -0.1) is 0 Å². The maximum atomic E-state index is 13.9. The second-order valence-electron chi connectivity index (χ2n) is 7.26. The van der Waals surface area contributed by atoms with Crippen molar-refractivity contribution in [2.75, 3.05) is 0 Å². The van der Waals surface area contributed by atoms with Gasteiger partial charge in [-0.3, -0.25) is 4.79 Å². The number of carbonyl (C=O) groups is 2. The van der Waals surface area contributed by atoms with Gasteiger partial charge in [-0.25, -0.2) is 4.79 Å². The molecule has 10 heteroatoms. The van der Waals surface area contributed by atoms with Gasteiger partial charge in [0.15, 0.2) is 5.78 Å². The molecule has 1 aliphatic heterocycles. The van der Waals surface area contributed by atoms with E-state index in [9.17, 15) is 27.9 Å². The first-order valence-corrected chi connectivity index (χ1v) is 9.80. The van der Waals surface area contributed by atoms with Gasteiger partial charge in [-0.05, 0) is 24.3 Å². The van der Waals surface area contributed by atoms with Crippen LogP contribution in [0.1, 0.15) is 22.2 Å². The molecule has 0 spiro atoms. The standard InChI is InChI=1S/C22H16ClF3N2O4/c23-14-8-4-7-13(11-14)15-9-10-16(32-15)18-17(19(29)12-5-2-1-3-6-12)21(31,22(24,25)26)28-20(30)27-18/h1-11,17-18,31H,(H2,27,28,30). The highest BCUT2D eigenvalue weighted by Gasteiger charge is 2.66. The Bertz CT molecular complexity index is 1170. The van der Waals surface area contributed by atoms with Crippen LogP contribution in [0.15, 0.2) is 71.1 Å². The summed E-state index contributed by atoms with van der Waals surface area (Å²) in [5, 5.41) is 14.8. The Labute approximate surface area is 185 Å². The molecule has 1 saturated heterocycles. The summed E-state index contributed by atoms with van der Waals surface area (Å²) in [6, 6.07) is 13.7. The van der Waals surface area contributed by atoms with E-state index < -0.39 is 35.7 Å². The van der Waals surface area contributed by atoms with Gasteiger partial charge in [0.2, 0.25) is 5.72 Å². The quantitative estimate of drug-likeness (QED) is 0.488. The van der Waals surface area contributed by atoms with Crippen molar-refractivity contribution in [2.24, 2.45) is 5.92 Å². The van der Waals surface area contributed by atoms with E-state index in [1.165, 1.54) is 41.7 Å². The zero-order chi connectivity index (χ0) is 23.1. The van der Waals surface area contributed by atoms with Crippen molar-refractivity contribution in [1.82, 2.24) is 10.6 Å². The second-order valence-corrected chi connectivity index (χ2v) is 7.70. The Hall–Kier alpha value is -3.30. The third kappa shape index (κ3) is 3.85. The van der Waals surface area contributed by atoms with E-state index >= 15 is 0 Å². The zero-order valence-corrected chi connectivity index (χ0v) is 16.9. The fourth-order valence-corrected chi connectivity index (χ4v) is 3.87. The number of urea groups is 1. The van der Waals surface area contributed by atoms with Gasteiger partial charge >= 0.3 is 12.2 Å². The van der Waals surface area contributed by atoms with Crippen molar-refractivity contribution >= 4 is 23.4 Å².